The molecule has 0 aromatic heterocycles. The van der Waals surface area contributed by atoms with Crippen LogP contribution in [-0.2, 0) is 0 Å². The number of phenols is 1. The molecule has 3 heteroatoms. The van der Waals surface area contributed by atoms with Gasteiger partial charge in [0.2, 0.25) is 0 Å². The molecule has 0 saturated carbocycles. The summed E-state index contributed by atoms with van der Waals surface area (Å²) in [6.45, 7) is 0. The van der Waals surface area contributed by atoms with E-state index in [-0.39, 0.29) is 5.75 Å². The zero-order chi connectivity index (χ0) is 12.5. The van der Waals surface area contributed by atoms with Crippen LogP contribution in [0.2, 0.25) is 0 Å². The molecule has 1 heterocycles. The molecule has 90 valence electrons. The minimum absolute atomic E-state index is 0.121. The summed E-state index contributed by atoms with van der Waals surface area (Å²) in [4.78, 5) is 0. The highest BCUT2D eigenvalue weighted by Gasteiger charge is 2.21. The maximum absolute atomic E-state index is 10.0. The van der Waals surface area contributed by atoms with Gasteiger partial charge in [0.1, 0.15) is 23.4 Å². The summed E-state index contributed by atoms with van der Waals surface area (Å²) in [7, 11) is 0. The van der Waals surface area contributed by atoms with Crippen molar-refractivity contribution < 1.29 is 14.9 Å². The second kappa shape index (κ2) is 4.20. The Labute approximate surface area is 105 Å². The number of ether oxygens (including phenoxy) is 1. The summed E-state index contributed by atoms with van der Waals surface area (Å²) in [5.74, 6) is 1.21. The standard InChI is InChI=1S/C15H12O3/c16-11-6-7-12-13(17)9-14(18-15(12)8-11)10-4-2-1-3-5-10/h1-9,13,16-17H. The van der Waals surface area contributed by atoms with Crippen LogP contribution in [0.5, 0.6) is 11.5 Å². The van der Waals surface area contributed by atoms with Crippen molar-refractivity contribution in [3.8, 4) is 11.5 Å². The smallest absolute Gasteiger partial charge is 0.137 e. The van der Waals surface area contributed by atoms with Gasteiger partial charge in [-0.2, -0.15) is 0 Å². The van der Waals surface area contributed by atoms with Crippen molar-refractivity contribution in [2.45, 2.75) is 6.10 Å². The number of hydrogen-bond donors (Lipinski definition) is 2. The van der Waals surface area contributed by atoms with Gasteiger partial charge in [-0.05, 0) is 18.2 Å². The maximum atomic E-state index is 10.0. The summed E-state index contributed by atoms with van der Waals surface area (Å²) in [6.07, 6.45) is 0.943. The van der Waals surface area contributed by atoms with E-state index < -0.39 is 6.10 Å². The van der Waals surface area contributed by atoms with E-state index in [9.17, 15) is 10.2 Å². The van der Waals surface area contributed by atoms with E-state index in [4.69, 9.17) is 4.74 Å². The zero-order valence-electron chi connectivity index (χ0n) is 9.58. The minimum Gasteiger partial charge on any atom is -0.508 e. The second-order valence-electron chi connectivity index (χ2n) is 4.17. The van der Waals surface area contributed by atoms with Gasteiger partial charge < -0.3 is 14.9 Å². The largest absolute Gasteiger partial charge is 0.508 e. The number of phenolic OH excluding ortho intramolecular Hbond substituents is 1. The van der Waals surface area contributed by atoms with E-state index in [1.54, 1.807) is 12.1 Å². The van der Waals surface area contributed by atoms with E-state index in [1.165, 1.54) is 12.1 Å². The number of rotatable bonds is 1. The average Bonchev–Trinajstić information content (AvgIpc) is 2.39. The van der Waals surface area contributed by atoms with Gasteiger partial charge in [-0.3, -0.25) is 0 Å². The molecule has 3 nitrogen and oxygen atoms in total. The Hall–Kier alpha value is -2.26. The summed E-state index contributed by atoms with van der Waals surface area (Å²) >= 11 is 0. The van der Waals surface area contributed by atoms with Gasteiger partial charge in [-0.15, -0.1) is 0 Å². The highest BCUT2D eigenvalue weighted by molar-refractivity contribution is 5.66. The summed E-state index contributed by atoms with van der Waals surface area (Å²) in [6, 6.07) is 14.3. The molecule has 0 bridgehead atoms. The van der Waals surface area contributed by atoms with Crippen LogP contribution < -0.4 is 4.74 Å². The third kappa shape index (κ3) is 1.85. The number of aliphatic hydroxyl groups is 1. The van der Waals surface area contributed by atoms with Crippen LogP contribution in [0, 0.1) is 0 Å². The lowest BCUT2D eigenvalue weighted by molar-refractivity contribution is 0.217. The molecule has 1 atom stereocenters. The SMILES string of the molecule is Oc1ccc2c(c1)OC(c1ccccc1)=CC2O. The van der Waals surface area contributed by atoms with Gasteiger partial charge in [-0.25, -0.2) is 0 Å². The van der Waals surface area contributed by atoms with Crippen LogP contribution in [0.1, 0.15) is 17.2 Å². The molecule has 0 radical (unpaired) electrons. The lowest BCUT2D eigenvalue weighted by Gasteiger charge is -2.22. The van der Waals surface area contributed by atoms with E-state index in [0.717, 1.165) is 5.56 Å². The third-order valence-electron chi connectivity index (χ3n) is 2.90. The Morgan fingerprint density at radius 3 is 2.56 bits per heavy atom. The molecule has 1 aliphatic rings. The first-order valence-electron chi connectivity index (χ1n) is 5.70. The Morgan fingerprint density at radius 1 is 1.00 bits per heavy atom. The summed E-state index contributed by atoms with van der Waals surface area (Å²) in [5, 5.41) is 19.5. The van der Waals surface area contributed by atoms with Crippen molar-refractivity contribution in [3.63, 3.8) is 0 Å². The highest BCUT2D eigenvalue weighted by atomic mass is 16.5. The van der Waals surface area contributed by atoms with Crippen molar-refractivity contribution in [1.82, 2.24) is 0 Å². The van der Waals surface area contributed by atoms with E-state index in [1.807, 2.05) is 30.3 Å². The molecule has 0 amide bonds. The van der Waals surface area contributed by atoms with Crippen molar-refractivity contribution in [1.29, 1.82) is 0 Å². The second-order valence-corrected chi connectivity index (χ2v) is 4.17. The molecule has 3 rings (SSSR count). The summed E-state index contributed by atoms with van der Waals surface area (Å²) < 4.78 is 5.71. The summed E-state index contributed by atoms with van der Waals surface area (Å²) in [5.41, 5.74) is 1.55. The van der Waals surface area contributed by atoms with Crippen LogP contribution in [0.15, 0.2) is 54.6 Å². The molecule has 18 heavy (non-hydrogen) atoms. The van der Waals surface area contributed by atoms with Crippen molar-refractivity contribution in [2.75, 3.05) is 0 Å². The molecule has 0 aliphatic carbocycles. The van der Waals surface area contributed by atoms with Gasteiger partial charge >= 0.3 is 0 Å². The number of benzene rings is 2. The quantitative estimate of drug-likeness (QED) is 0.805. The van der Waals surface area contributed by atoms with Crippen LogP contribution in [0.3, 0.4) is 0 Å². The lowest BCUT2D eigenvalue weighted by Crippen LogP contribution is -2.08. The fraction of sp³-hybridized carbons (Fsp3) is 0.0667. The zero-order valence-corrected chi connectivity index (χ0v) is 9.58. The number of hydrogen-bond acceptors (Lipinski definition) is 3. The topological polar surface area (TPSA) is 49.7 Å². The fourth-order valence-corrected chi connectivity index (χ4v) is 2.00. The predicted molar refractivity (Wildman–Crippen MR) is 68.1 cm³/mol. The number of fused-ring (bicyclic) bond motifs is 1. The molecule has 0 fully saturated rings. The monoisotopic (exact) mass is 240 g/mol. The predicted octanol–water partition coefficient (Wildman–Crippen LogP) is 2.86. The molecular formula is C15H12O3. The van der Waals surface area contributed by atoms with E-state index in [2.05, 4.69) is 0 Å². The van der Waals surface area contributed by atoms with Crippen LogP contribution >= 0.6 is 0 Å². The van der Waals surface area contributed by atoms with Crippen LogP contribution in [-0.4, -0.2) is 10.2 Å². The average molecular weight is 240 g/mol. The number of aliphatic hydroxyl groups excluding tert-OH is 1. The molecule has 1 unspecified atom stereocenters. The molecule has 2 N–H and O–H groups in total. The normalized spacial score (nSPS) is 17.6. The van der Waals surface area contributed by atoms with Gasteiger partial charge in [0.25, 0.3) is 0 Å². The lowest BCUT2D eigenvalue weighted by atomic mass is 10.0. The molecule has 1 aliphatic heterocycles. The van der Waals surface area contributed by atoms with Gasteiger partial charge in [-0.1, -0.05) is 30.3 Å². The molecule has 2 aromatic carbocycles. The Balaban J connectivity index is 2.03. The van der Waals surface area contributed by atoms with Gasteiger partial charge in [0, 0.05) is 17.2 Å². The van der Waals surface area contributed by atoms with E-state index >= 15 is 0 Å². The maximum Gasteiger partial charge on any atom is 0.137 e. The molecule has 0 spiro atoms. The first-order valence-corrected chi connectivity index (χ1v) is 5.70. The third-order valence-corrected chi connectivity index (χ3v) is 2.90. The first-order chi connectivity index (χ1) is 8.74. The minimum atomic E-state index is -0.718. The Morgan fingerprint density at radius 2 is 1.78 bits per heavy atom. The van der Waals surface area contributed by atoms with Gasteiger partial charge in [0.15, 0.2) is 0 Å². The van der Waals surface area contributed by atoms with E-state index in [0.29, 0.717) is 17.1 Å². The Bertz CT molecular complexity index is 602. The van der Waals surface area contributed by atoms with Crippen LogP contribution in [0.25, 0.3) is 5.76 Å². The molecular weight excluding hydrogens is 228 g/mol. The number of aromatic hydroxyl groups is 1. The van der Waals surface area contributed by atoms with Crippen molar-refractivity contribution in [2.24, 2.45) is 0 Å². The fourth-order valence-electron chi connectivity index (χ4n) is 2.00. The van der Waals surface area contributed by atoms with Crippen LogP contribution in [0.4, 0.5) is 0 Å². The van der Waals surface area contributed by atoms with Gasteiger partial charge in [0.05, 0.1) is 0 Å². The van der Waals surface area contributed by atoms with Crippen molar-refractivity contribution in [3.05, 3.63) is 65.7 Å². The highest BCUT2D eigenvalue weighted by Crippen LogP contribution is 2.37. The first kappa shape index (κ1) is 10.9. The molecule has 0 saturated heterocycles. The van der Waals surface area contributed by atoms with Crippen molar-refractivity contribution >= 4 is 5.76 Å². The Kier molecular flexibility index (Phi) is 2.54. The molecule has 2 aromatic rings.